The van der Waals surface area contributed by atoms with Crippen LogP contribution in [0.5, 0.6) is 17.2 Å². The number of carbonyl (C=O) groups excluding carboxylic acids is 1. The number of nitrogens with one attached hydrogen (secondary N) is 1. The number of thiazole rings is 1. The van der Waals surface area contributed by atoms with Gasteiger partial charge in [0, 0.05) is 22.5 Å². The second-order valence-corrected chi connectivity index (χ2v) is 7.88. The highest BCUT2D eigenvalue weighted by atomic mass is 32.1. The van der Waals surface area contributed by atoms with Crippen molar-refractivity contribution in [3.63, 3.8) is 0 Å². The molecule has 31 heavy (non-hydrogen) atoms. The fraction of sp³-hybridized carbons (Fsp3) is 0.190. The normalized spacial score (nSPS) is 10.6. The van der Waals surface area contributed by atoms with Gasteiger partial charge in [-0.15, -0.1) is 11.3 Å². The number of aromatic nitrogens is 4. The van der Waals surface area contributed by atoms with Crippen molar-refractivity contribution < 1.29 is 14.3 Å². The zero-order chi connectivity index (χ0) is 22.0. The number of pyridine rings is 1. The van der Waals surface area contributed by atoms with E-state index in [2.05, 4.69) is 26.5 Å². The Labute approximate surface area is 181 Å². The van der Waals surface area contributed by atoms with E-state index in [-0.39, 0.29) is 12.5 Å². The quantitative estimate of drug-likeness (QED) is 0.490. The molecule has 0 atom stereocenters. The minimum atomic E-state index is -0.233. The SMILES string of the molecule is COc1cc2nccc(Oc3cnn(CC(=O)Nc4nc(C)c(C)s4)c3)c2cc1C#N. The molecule has 3 heterocycles. The first-order valence-electron chi connectivity index (χ1n) is 9.28. The lowest BCUT2D eigenvalue weighted by atomic mass is 10.1. The first kappa shape index (κ1) is 20.3. The number of nitriles is 1. The van der Waals surface area contributed by atoms with Gasteiger partial charge in [0.05, 0.1) is 36.3 Å². The highest BCUT2D eigenvalue weighted by Crippen LogP contribution is 2.32. The smallest absolute Gasteiger partial charge is 0.247 e. The predicted octanol–water partition coefficient (Wildman–Crippen LogP) is 3.82. The van der Waals surface area contributed by atoms with Gasteiger partial charge in [0.15, 0.2) is 10.9 Å². The topological polar surface area (TPSA) is 115 Å². The van der Waals surface area contributed by atoms with Crippen LogP contribution in [0.3, 0.4) is 0 Å². The molecule has 3 aromatic heterocycles. The van der Waals surface area contributed by atoms with E-state index in [9.17, 15) is 10.1 Å². The summed E-state index contributed by atoms with van der Waals surface area (Å²) < 4.78 is 12.7. The molecule has 9 nitrogen and oxygen atoms in total. The Bertz CT molecular complexity index is 1300. The molecule has 0 saturated carbocycles. The molecule has 156 valence electrons. The summed E-state index contributed by atoms with van der Waals surface area (Å²) >= 11 is 1.43. The van der Waals surface area contributed by atoms with Crippen LogP contribution >= 0.6 is 11.3 Å². The van der Waals surface area contributed by atoms with Gasteiger partial charge in [-0.05, 0) is 26.0 Å². The van der Waals surface area contributed by atoms with Gasteiger partial charge in [0.25, 0.3) is 0 Å². The van der Waals surface area contributed by atoms with Crippen LogP contribution < -0.4 is 14.8 Å². The molecule has 0 radical (unpaired) electrons. The van der Waals surface area contributed by atoms with Crippen molar-refractivity contribution in [2.75, 3.05) is 12.4 Å². The Balaban J connectivity index is 1.50. The number of aryl methyl sites for hydroxylation is 2. The summed E-state index contributed by atoms with van der Waals surface area (Å²) in [6.45, 7) is 3.88. The molecule has 0 aliphatic carbocycles. The molecule has 4 aromatic rings. The average Bonchev–Trinajstić information content (AvgIpc) is 3.32. The third-order valence-corrected chi connectivity index (χ3v) is 5.55. The Morgan fingerprint density at radius 3 is 2.87 bits per heavy atom. The van der Waals surface area contributed by atoms with Gasteiger partial charge in [0.2, 0.25) is 5.91 Å². The maximum Gasteiger partial charge on any atom is 0.247 e. The average molecular weight is 434 g/mol. The zero-order valence-corrected chi connectivity index (χ0v) is 17.9. The summed E-state index contributed by atoms with van der Waals surface area (Å²) in [6, 6.07) is 7.17. The number of rotatable bonds is 6. The monoisotopic (exact) mass is 434 g/mol. The molecule has 0 aliphatic rings. The van der Waals surface area contributed by atoms with E-state index < -0.39 is 0 Å². The molecule has 0 saturated heterocycles. The van der Waals surface area contributed by atoms with Crippen LogP contribution in [0.4, 0.5) is 5.13 Å². The summed E-state index contributed by atoms with van der Waals surface area (Å²) in [6.07, 6.45) is 4.75. The number of methoxy groups -OCH3 is 1. The Morgan fingerprint density at radius 2 is 2.16 bits per heavy atom. The van der Waals surface area contributed by atoms with E-state index >= 15 is 0 Å². The number of fused-ring (bicyclic) bond motifs is 1. The number of ether oxygens (including phenoxy) is 2. The minimum absolute atomic E-state index is 0.0217. The Morgan fingerprint density at radius 1 is 1.32 bits per heavy atom. The molecule has 0 aliphatic heterocycles. The number of carbonyl (C=O) groups is 1. The molecule has 0 fully saturated rings. The first-order chi connectivity index (χ1) is 15.0. The first-order valence-corrected chi connectivity index (χ1v) is 10.1. The van der Waals surface area contributed by atoms with Crippen LogP contribution in [0.25, 0.3) is 10.9 Å². The molecular formula is C21H18N6O3S. The molecule has 1 amide bonds. The van der Waals surface area contributed by atoms with Gasteiger partial charge >= 0.3 is 0 Å². The molecule has 4 rings (SSSR count). The largest absolute Gasteiger partial charge is 0.495 e. The van der Waals surface area contributed by atoms with Crippen molar-refractivity contribution in [3.05, 3.63) is 52.9 Å². The summed E-state index contributed by atoms with van der Waals surface area (Å²) in [4.78, 5) is 22.0. The van der Waals surface area contributed by atoms with Crippen LogP contribution in [0.15, 0.2) is 36.8 Å². The maximum absolute atomic E-state index is 12.3. The van der Waals surface area contributed by atoms with Crippen molar-refractivity contribution in [1.29, 1.82) is 5.26 Å². The molecule has 1 N–H and O–H groups in total. The van der Waals surface area contributed by atoms with Gasteiger partial charge < -0.3 is 14.8 Å². The summed E-state index contributed by atoms with van der Waals surface area (Å²) in [5.41, 5.74) is 1.92. The van der Waals surface area contributed by atoms with E-state index in [1.165, 1.54) is 29.3 Å². The molecule has 10 heteroatoms. The molecule has 1 aromatic carbocycles. The lowest BCUT2D eigenvalue weighted by Gasteiger charge is -2.09. The van der Waals surface area contributed by atoms with Crippen LogP contribution in [-0.4, -0.2) is 32.8 Å². The van der Waals surface area contributed by atoms with Crippen molar-refractivity contribution in [3.8, 4) is 23.3 Å². The summed E-state index contributed by atoms with van der Waals surface area (Å²) in [5, 5.41) is 17.5. The van der Waals surface area contributed by atoms with Crippen LogP contribution in [0.1, 0.15) is 16.1 Å². The van der Waals surface area contributed by atoms with Gasteiger partial charge in [0.1, 0.15) is 24.1 Å². The molecular weight excluding hydrogens is 416 g/mol. The van der Waals surface area contributed by atoms with Gasteiger partial charge in [-0.1, -0.05) is 0 Å². The highest BCUT2D eigenvalue weighted by Gasteiger charge is 2.13. The van der Waals surface area contributed by atoms with Crippen molar-refractivity contribution in [2.45, 2.75) is 20.4 Å². The summed E-state index contributed by atoms with van der Waals surface area (Å²) in [5.74, 6) is 1.19. The molecule has 0 unspecified atom stereocenters. The van der Waals surface area contributed by atoms with Crippen LogP contribution in [-0.2, 0) is 11.3 Å². The van der Waals surface area contributed by atoms with Gasteiger partial charge in [-0.2, -0.15) is 10.4 Å². The predicted molar refractivity (Wildman–Crippen MR) is 116 cm³/mol. The minimum Gasteiger partial charge on any atom is -0.495 e. The number of nitrogens with zero attached hydrogens (tertiary/aromatic N) is 5. The number of anilines is 1. The van der Waals surface area contributed by atoms with E-state index in [0.717, 1.165) is 10.6 Å². The van der Waals surface area contributed by atoms with Crippen LogP contribution in [0, 0.1) is 25.2 Å². The van der Waals surface area contributed by atoms with Gasteiger partial charge in [-0.25, -0.2) is 4.98 Å². The van der Waals surface area contributed by atoms with Crippen molar-refractivity contribution in [1.82, 2.24) is 19.7 Å². The molecule has 0 spiro atoms. The fourth-order valence-electron chi connectivity index (χ4n) is 2.94. The standard InChI is InChI=1S/C21H18N6O3S/c1-12-13(2)31-21(25-12)26-20(28)11-27-10-15(9-24-27)30-18-4-5-23-17-7-19(29-3)14(8-22)6-16(17)18/h4-7,9-10H,11H2,1-3H3,(H,25,26,28). The fourth-order valence-corrected chi connectivity index (χ4v) is 3.77. The van der Waals surface area contributed by atoms with E-state index in [1.54, 1.807) is 30.6 Å². The number of hydrogen-bond donors (Lipinski definition) is 1. The van der Waals surface area contributed by atoms with Crippen molar-refractivity contribution >= 4 is 33.3 Å². The van der Waals surface area contributed by atoms with Crippen molar-refractivity contribution in [2.24, 2.45) is 0 Å². The lowest BCUT2D eigenvalue weighted by Crippen LogP contribution is -2.18. The highest BCUT2D eigenvalue weighted by molar-refractivity contribution is 7.15. The third-order valence-electron chi connectivity index (χ3n) is 4.56. The maximum atomic E-state index is 12.3. The van der Waals surface area contributed by atoms with Gasteiger partial charge in [-0.3, -0.25) is 14.5 Å². The number of benzene rings is 1. The number of hydrogen-bond acceptors (Lipinski definition) is 8. The van der Waals surface area contributed by atoms with E-state index in [1.807, 2.05) is 13.8 Å². The summed E-state index contributed by atoms with van der Waals surface area (Å²) in [7, 11) is 1.50. The lowest BCUT2D eigenvalue weighted by molar-refractivity contribution is -0.116. The zero-order valence-electron chi connectivity index (χ0n) is 17.0. The molecule has 0 bridgehead atoms. The second-order valence-electron chi connectivity index (χ2n) is 6.68. The third kappa shape index (κ3) is 4.31. The second kappa shape index (κ2) is 8.41. The number of amides is 1. The Hall–Kier alpha value is -3.97. The van der Waals surface area contributed by atoms with E-state index in [4.69, 9.17) is 9.47 Å². The Kier molecular flexibility index (Phi) is 5.51. The van der Waals surface area contributed by atoms with Crippen LogP contribution in [0.2, 0.25) is 0 Å². The van der Waals surface area contributed by atoms with E-state index in [0.29, 0.717) is 38.8 Å².